The van der Waals surface area contributed by atoms with E-state index in [1.807, 2.05) is 0 Å². The minimum atomic E-state index is -4.37. The highest BCUT2D eigenvalue weighted by Crippen LogP contribution is 2.28. The fraction of sp³-hybridized carbons (Fsp3) is 0.286. The summed E-state index contributed by atoms with van der Waals surface area (Å²) in [5, 5.41) is 3.59. The molecule has 0 aliphatic heterocycles. The Morgan fingerprint density at radius 3 is 2.25 bits per heavy atom. The topological polar surface area (TPSA) is 158 Å². The number of methoxy groups -OCH3 is 3. The zero-order chi connectivity index (χ0) is 20.9. The minimum absolute atomic E-state index is 0.0106. The van der Waals surface area contributed by atoms with Crippen LogP contribution in [0.3, 0.4) is 0 Å². The molecule has 14 heteroatoms. The molecule has 2 amide bonds. The van der Waals surface area contributed by atoms with Crippen molar-refractivity contribution in [3.8, 4) is 11.8 Å². The van der Waals surface area contributed by atoms with Crippen molar-refractivity contribution in [3.05, 3.63) is 21.9 Å². The number of anilines is 2. The van der Waals surface area contributed by atoms with Gasteiger partial charge in [-0.1, -0.05) is 0 Å². The molecule has 2 rings (SSSR count). The molecule has 0 aliphatic rings. The van der Waals surface area contributed by atoms with Crippen LogP contribution in [0.25, 0.3) is 0 Å². The van der Waals surface area contributed by atoms with Crippen molar-refractivity contribution in [2.45, 2.75) is 6.92 Å². The molecule has 0 aliphatic carbocycles. The van der Waals surface area contributed by atoms with Crippen molar-refractivity contribution in [3.63, 3.8) is 0 Å². The number of esters is 1. The summed E-state index contributed by atoms with van der Waals surface area (Å²) in [5.41, 5.74) is 0.0353. The van der Waals surface area contributed by atoms with Crippen molar-refractivity contribution in [2.24, 2.45) is 0 Å². The lowest BCUT2D eigenvalue weighted by molar-refractivity contribution is 0.0602. The molecule has 2 aromatic heterocycles. The minimum Gasteiger partial charge on any atom is -0.481 e. The Bertz CT molecular complexity index is 968. The molecule has 0 saturated carbocycles. The number of ether oxygens (including phenoxy) is 3. The van der Waals surface area contributed by atoms with Gasteiger partial charge in [0.1, 0.15) is 0 Å². The molecule has 0 unspecified atom stereocenters. The fourth-order valence-corrected chi connectivity index (χ4v) is 3.65. The number of nitrogens with one attached hydrogen (secondary N) is 3. The average molecular weight is 431 g/mol. The van der Waals surface area contributed by atoms with Crippen LogP contribution in [0.4, 0.5) is 16.4 Å². The number of thiophene rings is 1. The Balaban J connectivity index is 2.14. The second-order valence-electron chi connectivity index (χ2n) is 5.01. The molecule has 3 N–H and O–H groups in total. The molecule has 0 fully saturated rings. The summed E-state index contributed by atoms with van der Waals surface area (Å²) in [5.74, 6) is -0.770. The number of rotatable bonds is 7. The van der Waals surface area contributed by atoms with E-state index in [0.29, 0.717) is 4.88 Å². The summed E-state index contributed by atoms with van der Waals surface area (Å²) < 4.78 is 42.8. The Morgan fingerprint density at radius 2 is 1.71 bits per heavy atom. The number of nitrogens with zero attached hydrogens (tertiary/aromatic N) is 2. The Kier molecular flexibility index (Phi) is 6.58. The number of aryl methyl sites for hydroxylation is 1. The first kappa shape index (κ1) is 21.2. The number of hydrogen-bond acceptors (Lipinski definition) is 10. The van der Waals surface area contributed by atoms with Gasteiger partial charge in [-0.3, -0.25) is 10.0 Å². The van der Waals surface area contributed by atoms with E-state index in [9.17, 15) is 18.0 Å². The third-order valence-electron chi connectivity index (χ3n) is 3.17. The standard InChI is InChI=1S/C14H17N5O7S2/c1-7-11(8(6-27-7)12(20)26-4)18-28(22,23)19-14(21)17-13-15-9(24-2)5-10(16-13)25-3/h5-6,18H,1-4H3,(H2,15,16,17,19,21). The van der Waals surface area contributed by atoms with Gasteiger partial charge in [-0.2, -0.15) is 18.4 Å². The van der Waals surface area contributed by atoms with E-state index >= 15 is 0 Å². The zero-order valence-corrected chi connectivity index (χ0v) is 16.9. The highest BCUT2D eigenvalue weighted by Gasteiger charge is 2.23. The Hall–Kier alpha value is -3.13. The van der Waals surface area contributed by atoms with Gasteiger partial charge in [0.2, 0.25) is 17.7 Å². The fourth-order valence-electron chi connectivity index (χ4n) is 1.92. The van der Waals surface area contributed by atoms with Crippen molar-refractivity contribution in [2.75, 3.05) is 31.4 Å². The molecule has 152 valence electrons. The van der Waals surface area contributed by atoms with Crippen LogP contribution in [-0.4, -0.2) is 51.7 Å². The number of urea groups is 1. The predicted octanol–water partition coefficient (Wildman–Crippen LogP) is 1.13. The van der Waals surface area contributed by atoms with Crippen LogP contribution in [0.2, 0.25) is 0 Å². The normalized spacial score (nSPS) is 10.7. The van der Waals surface area contributed by atoms with Crippen molar-refractivity contribution in [1.29, 1.82) is 0 Å². The second-order valence-corrected chi connectivity index (χ2v) is 7.51. The van der Waals surface area contributed by atoms with Crippen LogP contribution in [0, 0.1) is 6.92 Å². The summed E-state index contributed by atoms with van der Waals surface area (Å²) >= 11 is 1.14. The van der Waals surface area contributed by atoms with Crippen LogP contribution >= 0.6 is 11.3 Å². The van der Waals surface area contributed by atoms with Crippen LogP contribution in [0.5, 0.6) is 11.8 Å². The first-order valence-corrected chi connectivity index (χ1v) is 9.80. The summed E-state index contributed by atoms with van der Waals surface area (Å²) in [6, 6.07) is 0.227. The zero-order valence-electron chi connectivity index (χ0n) is 15.2. The first-order valence-electron chi connectivity index (χ1n) is 7.44. The summed E-state index contributed by atoms with van der Waals surface area (Å²) in [6.07, 6.45) is 0. The Morgan fingerprint density at radius 1 is 1.11 bits per heavy atom. The van der Waals surface area contributed by atoms with Gasteiger partial charge in [0.15, 0.2) is 0 Å². The highest BCUT2D eigenvalue weighted by atomic mass is 32.2. The van der Waals surface area contributed by atoms with Crippen LogP contribution in [-0.2, 0) is 14.9 Å². The van der Waals surface area contributed by atoms with Crippen molar-refractivity contribution < 1.29 is 32.2 Å². The molecule has 0 radical (unpaired) electrons. The number of carbonyl (C=O) groups is 2. The lowest BCUT2D eigenvalue weighted by Gasteiger charge is -2.11. The van der Waals surface area contributed by atoms with Gasteiger partial charge in [-0.15, -0.1) is 11.3 Å². The van der Waals surface area contributed by atoms with E-state index in [1.54, 1.807) is 11.6 Å². The third-order valence-corrected chi connectivity index (χ3v) is 5.00. The number of aromatic nitrogens is 2. The monoisotopic (exact) mass is 431 g/mol. The SMILES string of the molecule is COC(=O)c1csc(C)c1NS(=O)(=O)NC(=O)Nc1nc(OC)cc(OC)n1. The van der Waals surface area contributed by atoms with Crippen LogP contribution < -0.4 is 24.2 Å². The van der Waals surface area contributed by atoms with E-state index in [-0.39, 0.29) is 29.0 Å². The van der Waals surface area contributed by atoms with Gasteiger partial charge < -0.3 is 14.2 Å². The predicted molar refractivity (Wildman–Crippen MR) is 100 cm³/mol. The molecule has 2 heterocycles. The summed E-state index contributed by atoms with van der Waals surface area (Å²) in [4.78, 5) is 32.0. The molecule has 0 spiro atoms. The summed E-state index contributed by atoms with van der Waals surface area (Å²) in [7, 11) is -0.506. The maximum absolute atomic E-state index is 12.2. The van der Waals surface area contributed by atoms with E-state index in [2.05, 4.69) is 24.7 Å². The van der Waals surface area contributed by atoms with Gasteiger partial charge in [0.25, 0.3) is 0 Å². The molecule has 0 atom stereocenters. The van der Waals surface area contributed by atoms with Crippen molar-refractivity contribution in [1.82, 2.24) is 14.7 Å². The number of amides is 2. The van der Waals surface area contributed by atoms with Gasteiger partial charge >= 0.3 is 22.2 Å². The smallest absolute Gasteiger partial charge is 0.340 e. The van der Waals surface area contributed by atoms with Gasteiger partial charge in [0, 0.05) is 10.3 Å². The molecular weight excluding hydrogens is 414 g/mol. The second kappa shape index (κ2) is 8.71. The lowest BCUT2D eigenvalue weighted by atomic mass is 10.2. The average Bonchev–Trinajstić information content (AvgIpc) is 2.99. The molecular formula is C14H17N5O7S2. The third kappa shape index (κ3) is 5.20. The number of carbonyl (C=O) groups excluding carboxylic acids is 2. The Labute approximate surface area is 164 Å². The van der Waals surface area contributed by atoms with E-state index in [1.165, 1.54) is 32.8 Å². The number of hydrogen-bond donors (Lipinski definition) is 3. The van der Waals surface area contributed by atoms with Crippen molar-refractivity contribution >= 4 is 45.2 Å². The lowest BCUT2D eigenvalue weighted by Crippen LogP contribution is -2.38. The molecule has 28 heavy (non-hydrogen) atoms. The quantitative estimate of drug-likeness (QED) is 0.546. The van der Waals surface area contributed by atoms with E-state index in [0.717, 1.165) is 11.3 Å². The van der Waals surface area contributed by atoms with Crippen LogP contribution in [0.1, 0.15) is 15.2 Å². The van der Waals surface area contributed by atoms with E-state index in [4.69, 9.17) is 9.47 Å². The largest absolute Gasteiger partial charge is 0.481 e. The summed E-state index contributed by atoms with van der Waals surface area (Å²) in [6.45, 7) is 1.60. The highest BCUT2D eigenvalue weighted by molar-refractivity contribution is 7.91. The molecule has 12 nitrogen and oxygen atoms in total. The van der Waals surface area contributed by atoms with Crippen LogP contribution in [0.15, 0.2) is 11.4 Å². The van der Waals surface area contributed by atoms with Gasteiger partial charge in [-0.05, 0) is 6.92 Å². The maximum atomic E-state index is 12.2. The maximum Gasteiger partial charge on any atom is 0.340 e. The molecule has 2 aromatic rings. The molecule has 0 aromatic carbocycles. The van der Waals surface area contributed by atoms with E-state index < -0.39 is 22.2 Å². The first-order chi connectivity index (χ1) is 13.2. The van der Waals surface area contributed by atoms with Gasteiger partial charge in [-0.25, -0.2) is 14.3 Å². The van der Waals surface area contributed by atoms with Gasteiger partial charge in [0.05, 0.1) is 38.6 Å². The molecule has 0 bridgehead atoms. The molecule has 0 saturated heterocycles.